The molecule has 1 saturated heterocycles. The van der Waals surface area contributed by atoms with E-state index in [-0.39, 0.29) is 29.5 Å². The number of carbonyl (C=O) groups is 1. The fourth-order valence-electron chi connectivity index (χ4n) is 2.20. The van der Waals surface area contributed by atoms with E-state index in [0.29, 0.717) is 18.0 Å². The van der Waals surface area contributed by atoms with Gasteiger partial charge in [0.2, 0.25) is 5.91 Å². The normalized spacial score (nSPS) is 20.6. The quantitative estimate of drug-likeness (QED) is 0.861. The molecule has 0 bridgehead atoms. The average molecular weight is 283 g/mol. The van der Waals surface area contributed by atoms with Gasteiger partial charge in [-0.3, -0.25) is 4.79 Å². The second kappa shape index (κ2) is 6.39. The van der Waals surface area contributed by atoms with Crippen molar-refractivity contribution in [2.75, 3.05) is 18.8 Å². The molecule has 0 saturated carbocycles. The number of likely N-dealkylation sites (tertiary alicyclic amines) is 1. The molecule has 0 spiro atoms. The van der Waals surface area contributed by atoms with Crippen LogP contribution in [0.15, 0.2) is 29.2 Å². The van der Waals surface area contributed by atoms with Gasteiger partial charge < -0.3 is 10.0 Å². The van der Waals surface area contributed by atoms with Gasteiger partial charge in [0, 0.05) is 23.9 Å². The Kier molecular flexibility index (Phi) is 4.82. The van der Waals surface area contributed by atoms with E-state index >= 15 is 0 Å². The number of nitrogens with zero attached hydrogens (tertiary/aromatic N) is 1. The van der Waals surface area contributed by atoms with Gasteiger partial charge in [-0.1, -0.05) is 12.1 Å². The Morgan fingerprint density at radius 1 is 1.58 bits per heavy atom. The fraction of sp³-hybridized carbons (Fsp3) is 0.500. The molecule has 1 aliphatic heterocycles. The summed E-state index contributed by atoms with van der Waals surface area (Å²) < 4.78 is 13.4. The standard InChI is InChI=1S/C14H18FNO2S/c1-10(17)11-6-7-16(8-11)14(18)9-19-13-5-3-2-4-12(13)15/h2-5,10-11,17H,6-9H2,1H3. The highest BCUT2D eigenvalue weighted by Crippen LogP contribution is 2.24. The first-order chi connectivity index (χ1) is 9.08. The minimum atomic E-state index is -0.378. The van der Waals surface area contributed by atoms with Gasteiger partial charge in [0.1, 0.15) is 5.82 Å². The highest BCUT2D eigenvalue weighted by molar-refractivity contribution is 8.00. The lowest BCUT2D eigenvalue weighted by Crippen LogP contribution is -2.31. The third-order valence-corrected chi connectivity index (χ3v) is 4.48. The SMILES string of the molecule is CC(O)C1CCN(C(=O)CSc2ccccc2F)C1. The lowest BCUT2D eigenvalue weighted by molar-refractivity contribution is -0.127. The van der Waals surface area contributed by atoms with Crippen LogP contribution in [0.25, 0.3) is 0 Å². The number of benzene rings is 1. The van der Waals surface area contributed by atoms with Crippen LogP contribution in [0.5, 0.6) is 0 Å². The molecular formula is C14H18FNO2S. The molecular weight excluding hydrogens is 265 g/mol. The van der Waals surface area contributed by atoms with Gasteiger partial charge >= 0.3 is 0 Å². The molecule has 3 nitrogen and oxygen atoms in total. The first kappa shape index (κ1) is 14.3. The van der Waals surface area contributed by atoms with Crippen molar-refractivity contribution in [2.24, 2.45) is 5.92 Å². The summed E-state index contributed by atoms with van der Waals surface area (Å²) in [6.07, 6.45) is 0.463. The number of amides is 1. The highest BCUT2D eigenvalue weighted by atomic mass is 32.2. The Balaban J connectivity index is 1.84. The van der Waals surface area contributed by atoms with E-state index < -0.39 is 0 Å². The average Bonchev–Trinajstić information content (AvgIpc) is 2.87. The minimum Gasteiger partial charge on any atom is -0.393 e. The summed E-state index contributed by atoms with van der Waals surface area (Å²) in [5.41, 5.74) is 0. The van der Waals surface area contributed by atoms with E-state index in [4.69, 9.17) is 0 Å². The van der Waals surface area contributed by atoms with Crippen LogP contribution in [0.3, 0.4) is 0 Å². The van der Waals surface area contributed by atoms with Crippen LogP contribution < -0.4 is 0 Å². The topological polar surface area (TPSA) is 40.5 Å². The number of rotatable bonds is 4. The molecule has 1 amide bonds. The van der Waals surface area contributed by atoms with Crippen LogP contribution in [-0.4, -0.2) is 40.9 Å². The molecule has 1 aliphatic rings. The molecule has 0 aromatic heterocycles. The zero-order chi connectivity index (χ0) is 13.8. The first-order valence-corrected chi connectivity index (χ1v) is 7.39. The molecule has 0 radical (unpaired) electrons. The molecule has 2 rings (SSSR count). The zero-order valence-corrected chi connectivity index (χ0v) is 11.7. The van der Waals surface area contributed by atoms with Crippen molar-refractivity contribution >= 4 is 17.7 Å². The van der Waals surface area contributed by atoms with Gasteiger partial charge in [0.05, 0.1) is 11.9 Å². The summed E-state index contributed by atoms with van der Waals surface area (Å²) in [5, 5.41) is 9.50. The van der Waals surface area contributed by atoms with Crippen molar-refractivity contribution in [1.29, 1.82) is 0 Å². The zero-order valence-electron chi connectivity index (χ0n) is 10.9. The predicted octanol–water partition coefficient (Wildman–Crippen LogP) is 2.15. The van der Waals surface area contributed by atoms with Crippen molar-refractivity contribution in [2.45, 2.75) is 24.3 Å². The number of aliphatic hydroxyl groups is 1. The Hall–Kier alpha value is -1.07. The molecule has 1 aromatic rings. The number of aliphatic hydroxyl groups excluding tert-OH is 1. The van der Waals surface area contributed by atoms with E-state index in [0.717, 1.165) is 6.42 Å². The van der Waals surface area contributed by atoms with Crippen molar-refractivity contribution in [3.63, 3.8) is 0 Å². The maximum Gasteiger partial charge on any atom is 0.232 e. The Bertz CT molecular complexity index is 453. The minimum absolute atomic E-state index is 0.0106. The Morgan fingerprint density at radius 2 is 2.32 bits per heavy atom. The number of halogens is 1. The van der Waals surface area contributed by atoms with Crippen LogP contribution in [0, 0.1) is 11.7 Å². The molecule has 1 aromatic carbocycles. The van der Waals surface area contributed by atoms with Gasteiger partial charge in [-0.2, -0.15) is 0 Å². The second-order valence-corrected chi connectivity index (χ2v) is 5.87. The van der Waals surface area contributed by atoms with E-state index in [9.17, 15) is 14.3 Å². The molecule has 0 aliphatic carbocycles. The van der Waals surface area contributed by atoms with Gasteiger partial charge in [-0.15, -0.1) is 11.8 Å². The van der Waals surface area contributed by atoms with Crippen LogP contribution in [0.4, 0.5) is 4.39 Å². The predicted molar refractivity (Wildman–Crippen MR) is 73.5 cm³/mol. The summed E-state index contributed by atoms with van der Waals surface area (Å²) in [6.45, 7) is 3.05. The van der Waals surface area contributed by atoms with Crippen molar-refractivity contribution < 1.29 is 14.3 Å². The molecule has 19 heavy (non-hydrogen) atoms. The third-order valence-electron chi connectivity index (χ3n) is 3.45. The van der Waals surface area contributed by atoms with Crippen LogP contribution >= 0.6 is 11.8 Å². The van der Waals surface area contributed by atoms with E-state index in [1.807, 2.05) is 0 Å². The number of carbonyl (C=O) groups excluding carboxylic acids is 1. The number of hydrogen-bond donors (Lipinski definition) is 1. The van der Waals surface area contributed by atoms with Gasteiger partial charge in [0.25, 0.3) is 0 Å². The van der Waals surface area contributed by atoms with E-state index in [2.05, 4.69) is 0 Å². The van der Waals surface area contributed by atoms with Gasteiger partial charge in [0.15, 0.2) is 0 Å². The Morgan fingerprint density at radius 3 is 2.95 bits per heavy atom. The van der Waals surface area contributed by atoms with Gasteiger partial charge in [-0.25, -0.2) is 4.39 Å². The van der Waals surface area contributed by atoms with Gasteiger partial charge in [-0.05, 0) is 25.5 Å². The lowest BCUT2D eigenvalue weighted by Gasteiger charge is -2.17. The summed E-state index contributed by atoms with van der Waals surface area (Å²) in [6, 6.07) is 6.46. The maximum atomic E-state index is 13.4. The highest BCUT2D eigenvalue weighted by Gasteiger charge is 2.28. The molecule has 2 unspecified atom stereocenters. The third kappa shape index (κ3) is 3.70. The summed E-state index contributed by atoms with van der Waals surface area (Å²) in [4.78, 5) is 14.3. The smallest absolute Gasteiger partial charge is 0.232 e. The lowest BCUT2D eigenvalue weighted by atomic mass is 10.0. The van der Waals surface area contributed by atoms with Crippen molar-refractivity contribution in [1.82, 2.24) is 4.90 Å². The molecule has 104 valence electrons. The summed E-state index contributed by atoms with van der Waals surface area (Å²) in [5.74, 6) is 0.135. The van der Waals surface area contributed by atoms with Crippen molar-refractivity contribution in [3.05, 3.63) is 30.1 Å². The fourth-order valence-corrected chi connectivity index (χ4v) is 3.04. The number of thioether (sulfide) groups is 1. The number of hydrogen-bond acceptors (Lipinski definition) is 3. The van der Waals surface area contributed by atoms with E-state index in [1.165, 1.54) is 17.8 Å². The summed E-state index contributed by atoms with van der Waals surface area (Å²) >= 11 is 1.22. The molecule has 1 N–H and O–H groups in total. The second-order valence-electron chi connectivity index (χ2n) is 4.85. The first-order valence-electron chi connectivity index (χ1n) is 6.41. The molecule has 1 heterocycles. The largest absolute Gasteiger partial charge is 0.393 e. The van der Waals surface area contributed by atoms with Crippen molar-refractivity contribution in [3.8, 4) is 0 Å². The molecule has 2 atom stereocenters. The van der Waals surface area contributed by atoms with Crippen LogP contribution in [-0.2, 0) is 4.79 Å². The summed E-state index contributed by atoms with van der Waals surface area (Å²) in [7, 11) is 0. The molecule has 1 fully saturated rings. The maximum absolute atomic E-state index is 13.4. The van der Waals surface area contributed by atoms with E-state index in [1.54, 1.807) is 30.0 Å². The monoisotopic (exact) mass is 283 g/mol. The Labute approximate surface area is 116 Å². The van der Waals surface area contributed by atoms with Crippen LogP contribution in [0.1, 0.15) is 13.3 Å². The molecule has 5 heteroatoms. The van der Waals surface area contributed by atoms with Crippen LogP contribution in [0.2, 0.25) is 0 Å².